The molecule has 0 atom stereocenters. The van der Waals surface area contributed by atoms with Crippen molar-refractivity contribution in [2.24, 2.45) is 4.99 Å². The quantitative estimate of drug-likeness (QED) is 0.421. The maximum atomic E-state index is 6.20. The second-order valence-corrected chi connectivity index (χ2v) is 8.03. The van der Waals surface area contributed by atoms with Gasteiger partial charge in [-0.3, -0.25) is 4.99 Å². The van der Waals surface area contributed by atoms with Crippen molar-refractivity contribution < 1.29 is 14.2 Å². The second-order valence-electron chi connectivity index (χ2n) is 6.95. The number of nitrogens with zero attached hydrogens (tertiary/aromatic N) is 1. The van der Waals surface area contributed by atoms with Gasteiger partial charge in [-0.25, -0.2) is 0 Å². The lowest BCUT2D eigenvalue weighted by Gasteiger charge is -2.21. The Morgan fingerprint density at radius 2 is 1.62 bits per heavy atom. The smallest absolute Gasteiger partial charge is 0.172 e. The van der Waals surface area contributed by atoms with E-state index in [1.807, 2.05) is 43.5 Å². The fourth-order valence-electron chi connectivity index (χ4n) is 2.52. The van der Waals surface area contributed by atoms with Crippen LogP contribution in [0.4, 0.5) is 0 Å². The van der Waals surface area contributed by atoms with Crippen molar-refractivity contribution in [2.75, 3.05) is 14.2 Å². The first-order chi connectivity index (χ1) is 12.3. The Morgan fingerprint density at radius 3 is 2.15 bits per heavy atom. The van der Waals surface area contributed by atoms with Gasteiger partial charge in [-0.15, -0.1) is 0 Å². The Hall–Kier alpha value is -1.76. The molecule has 0 aliphatic carbocycles. The van der Waals surface area contributed by atoms with Crippen LogP contribution in [0.2, 0.25) is 0 Å². The van der Waals surface area contributed by atoms with Crippen LogP contribution in [0.5, 0.6) is 17.2 Å². The zero-order chi connectivity index (χ0) is 19.3. The van der Waals surface area contributed by atoms with E-state index >= 15 is 0 Å². The minimum Gasteiger partial charge on any atom is -0.495 e. The van der Waals surface area contributed by atoms with Gasteiger partial charge in [0.1, 0.15) is 12.4 Å². The molecule has 0 fully saturated rings. The molecule has 0 N–H and O–H groups in total. The predicted octanol–water partition coefficient (Wildman–Crippen LogP) is 5.41. The summed E-state index contributed by atoms with van der Waals surface area (Å²) < 4.78 is 18.4. The number of halogens is 1. The Balaban J connectivity index is 2.56. The van der Waals surface area contributed by atoms with E-state index < -0.39 is 0 Å². The molecule has 0 aliphatic rings. The SMILES string of the molecule is COc1c(C)c(OC)c(OCc2ccccc2)c(C=NC(C)(C)C)c1I. The van der Waals surface area contributed by atoms with Gasteiger partial charge in [0.2, 0.25) is 0 Å². The molecular formula is C21H26INO3. The van der Waals surface area contributed by atoms with E-state index in [2.05, 4.69) is 48.4 Å². The normalized spacial score (nSPS) is 11.7. The summed E-state index contributed by atoms with van der Waals surface area (Å²) in [4.78, 5) is 4.66. The van der Waals surface area contributed by atoms with Gasteiger partial charge < -0.3 is 14.2 Å². The van der Waals surface area contributed by atoms with Crippen molar-refractivity contribution in [1.29, 1.82) is 0 Å². The van der Waals surface area contributed by atoms with Gasteiger partial charge in [-0.2, -0.15) is 0 Å². The molecule has 2 aromatic rings. The van der Waals surface area contributed by atoms with E-state index in [0.29, 0.717) is 18.1 Å². The van der Waals surface area contributed by atoms with Gasteiger partial charge >= 0.3 is 0 Å². The van der Waals surface area contributed by atoms with Crippen molar-refractivity contribution in [1.82, 2.24) is 0 Å². The first-order valence-corrected chi connectivity index (χ1v) is 9.52. The Kier molecular flexibility index (Phi) is 6.92. The lowest BCUT2D eigenvalue weighted by Crippen LogP contribution is -2.11. The van der Waals surface area contributed by atoms with Gasteiger partial charge in [0.15, 0.2) is 11.5 Å². The van der Waals surface area contributed by atoms with Crippen molar-refractivity contribution in [3.63, 3.8) is 0 Å². The molecule has 26 heavy (non-hydrogen) atoms. The first-order valence-electron chi connectivity index (χ1n) is 8.44. The molecule has 0 bridgehead atoms. The summed E-state index contributed by atoms with van der Waals surface area (Å²) in [6.07, 6.45) is 1.85. The summed E-state index contributed by atoms with van der Waals surface area (Å²) in [5.41, 5.74) is 2.69. The Bertz CT molecular complexity index is 780. The maximum absolute atomic E-state index is 6.20. The van der Waals surface area contributed by atoms with Gasteiger partial charge in [-0.05, 0) is 55.8 Å². The number of methoxy groups -OCH3 is 2. The van der Waals surface area contributed by atoms with Crippen LogP contribution < -0.4 is 14.2 Å². The van der Waals surface area contributed by atoms with Crippen LogP contribution >= 0.6 is 22.6 Å². The monoisotopic (exact) mass is 467 g/mol. The summed E-state index contributed by atoms with van der Waals surface area (Å²) >= 11 is 2.28. The zero-order valence-electron chi connectivity index (χ0n) is 16.2. The van der Waals surface area contributed by atoms with E-state index in [1.165, 1.54) is 0 Å². The Morgan fingerprint density at radius 1 is 1.00 bits per heavy atom. The van der Waals surface area contributed by atoms with E-state index in [9.17, 15) is 0 Å². The van der Waals surface area contributed by atoms with Crippen LogP contribution in [0.3, 0.4) is 0 Å². The van der Waals surface area contributed by atoms with Crippen molar-refractivity contribution >= 4 is 28.8 Å². The summed E-state index contributed by atoms with van der Waals surface area (Å²) in [6.45, 7) is 8.60. The van der Waals surface area contributed by atoms with Crippen LogP contribution in [-0.4, -0.2) is 26.0 Å². The summed E-state index contributed by atoms with van der Waals surface area (Å²) in [6, 6.07) is 10.1. The third kappa shape index (κ3) is 4.90. The molecule has 0 unspecified atom stereocenters. The average Bonchev–Trinajstić information content (AvgIpc) is 2.59. The minimum atomic E-state index is -0.189. The molecule has 0 saturated heterocycles. The lowest BCUT2D eigenvalue weighted by molar-refractivity contribution is 0.281. The number of ether oxygens (including phenoxy) is 3. The van der Waals surface area contributed by atoms with Crippen LogP contribution in [0.15, 0.2) is 35.3 Å². The fourth-order valence-corrected chi connectivity index (χ4v) is 3.53. The molecule has 140 valence electrons. The van der Waals surface area contributed by atoms with Gasteiger partial charge in [0.25, 0.3) is 0 Å². The number of aliphatic imine (C=N–C) groups is 1. The van der Waals surface area contributed by atoms with E-state index in [0.717, 1.165) is 26.0 Å². The minimum absolute atomic E-state index is 0.189. The van der Waals surface area contributed by atoms with E-state index in [1.54, 1.807) is 14.2 Å². The van der Waals surface area contributed by atoms with Gasteiger partial charge in [0, 0.05) is 11.8 Å². The molecule has 2 rings (SSSR count). The number of hydrogen-bond acceptors (Lipinski definition) is 4. The number of rotatable bonds is 6. The highest BCUT2D eigenvalue weighted by Gasteiger charge is 2.23. The molecule has 0 spiro atoms. The molecule has 0 amide bonds. The standard InChI is InChI=1S/C21H26INO3/c1-14-18(24-5)17(22)16(12-23-21(2,3)4)20(19(14)25-6)26-13-15-10-8-7-9-11-15/h7-12H,13H2,1-6H3. The number of benzene rings is 2. The van der Waals surface area contributed by atoms with Crippen LogP contribution in [0.1, 0.15) is 37.5 Å². The molecule has 0 radical (unpaired) electrons. The second kappa shape index (κ2) is 8.75. The zero-order valence-corrected chi connectivity index (χ0v) is 18.4. The van der Waals surface area contributed by atoms with Gasteiger partial charge in [0.05, 0.1) is 28.9 Å². The highest BCUT2D eigenvalue weighted by Crippen LogP contribution is 2.44. The molecule has 5 heteroatoms. The van der Waals surface area contributed by atoms with Crippen molar-refractivity contribution in [2.45, 2.75) is 39.8 Å². The lowest BCUT2D eigenvalue weighted by atomic mass is 10.1. The molecular weight excluding hydrogens is 441 g/mol. The first kappa shape index (κ1) is 20.6. The topological polar surface area (TPSA) is 40.0 Å². The molecule has 0 aromatic heterocycles. The van der Waals surface area contributed by atoms with Crippen LogP contribution in [-0.2, 0) is 6.61 Å². The third-order valence-corrected chi connectivity index (χ3v) is 4.85. The summed E-state index contributed by atoms with van der Waals surface area (Å²) in [7, 11) is 3.31. The largest absolute Gasteiger partial charge is 0.495 e. The molecule has 4 nitrogen and oxygen atoms in total. The molecule has 0 aliphatic heterocycles. The van der Waals surface area contributed by atoms with E-state index in [4.69, 9.17) is 14.2 Å². The summed E-state index contributed by atoms with van der Waals surface area (Å²) in [5.74, 6) is 2.14. The van der Waals surface area contributed by atoms with Crippen molar-refractivity contribution in [3.05, 3.63) is 50.6 Å². The Labute approximate surface area is 169 Å². The summed E-state index contributed by atoms with van der Waals surface area (Å²) in [5, 5.41) is 0. The average molecular weight is 467 g/mol. The van der Waals surface area contributed by atoms with Crippen LogP contribution in [0.25, 0.3) is 0 Å². The predicted molar refractivity (Wildman–Crippen MR) is 115 cm³/mol. The number of hydrogen-bond donors (Lipinski definition) is 0. The van der Waals surface area contributed by atoms with Crippen molar-refractivity contribution in [3.8, 4) is 17.2 Å². The van der Waals surface area contributed by atoms with Gasteiger partial charge in [-0.1, -0.05) is 30.3 Å². The molecule has 0 heterocycles. The van der Waals surface area contributed by atoms with Crippen LogP contribution in [0, 0.1) is 10.5 Å². The molecule has 0 saturated carbocycles. The fraction of sp³-hybridized carbons (Fsp3) is 0.381. The molecule has 2 aromatic carbocycles. The highest BCUT2D eigenvalue weighted by molar-refractivity contribution is 14.1. The third-order valence-electron chi connectivity index (χ3n) is 3.78. The van der Waals surface area contributed by atoms with E-state index in [-0.39, 0.29) is 5.54 Å². The highest BCUT2D eigenvalue weighted by atomic mass is 127. The maximum Gasteiger partial charge on any atom is 0.172 e.